The summed E-state index contributed by atoms with van der Waals surface area (Å²) in [6, 6.07) is 3.56. The van der Waals surface area contributed by atoms with Gasteiger partial charge in [0.2, 0.25) is 0 Å². The van der Waals surface area contributed by atoms with Gasteiger partial charge in [0.05, 0.1) is 24.9 Å². The molecule has 0 bridgehead atoms. The van der Waals surface area contributed by atoms with Gasteiger partial charge in [0.1, 0.15) is 5.82 Å². The Labute approximate surface area is 88.6 Å². The van der Waals surface area contributed by atoms with Crippen molar-refractivity contribution in [3.8, 4) is 0 Å². The summed E-state index contributed by atoms with van der Waals surface area (Å²) >= 11 is 0. The van der Waals surface area contributed by atoms with Crippen LogP contribution in [0, 0.1) is 6.92 Å². The van der Waals surface area contributed by atoms with Gasteiger partial charge in [0, 0.05) is 6.54 Å². The van der Waals surface area contributed by atoms with E-state index < -0.39 is 0 Å². The third-order valence-corrected chi connectivity index (χ3v) is 1.99. The van der Waals surface area contributed by atoms with Crippen LogP contribution in [0.1, 0.15) is 12.1 Å². The number of hydrogen-bond donors (Lipinski definition) is 2. The van der Waals surface area contributed by atoms with Crippen LogP contribution < -0.4 is 11.1 Å². The fourth-order valence-electron chi connectivity index (χ4n) is 1.06. The lowest BCUT2D eigenvalue weighted by atomic mass is 10.3. The number of pyridine rings is 1. The molecular weight excluding hydrogens is 194 g/mol. The molecule has 0 saturated carbocycles. The maximum absolute atomic E-state index is 10.8. The zero-order valence-corrected chi connectivity index (χ0v) is 8.91. The Morgan fingerprint density at radius 2 is 2.33 bits per heavy atom. The van der Waals surface area contributed by atoms with Gasteiger partial charge in [-0.15, -0.1) is 0 Å². The average molecular weight is 209 g/mol. The first kappa shape index (κ1) is 11.3. The number of ether oxygens (including phenoxy) is 1. The van der Waals surface area contributed by atoms with E-state index in [1.54, 1.807) is 12.1 Å². The van der Waals surface area contributed by atoms with Crippen molar-refractivity contribution in [3.63, 3.8) is 0 Å². The summed E-state index contributed by atoms with van der Waals surface area (Å²) in [4.78, 5) is 15.0. The minimum atomic E-state index is -0.241. The van der Waals surface area contributed by atoms with Crippen LogP contribution in [0.4, 0.5) is 11.5 Å². The van der Waals surface area contributed by atoms with Crippen molar-refractivity contribution in [1.29, 1.82) is 0 Å². The maximum Gasteiger partial charge on any atom is 0.307 e. The molecule has 0 aromatic carbocycles. The van der Waals surface area contributed by atoms with E-state index in [0.717, 1.165) is 5.69 Å². The van der Waals surface area contributed by atoms with Gasteiger partial charge in [0.25, 0.3) is 0 Å². The number of methoxy groups -OCH3 is 1. The number of esters is 1. The molecule has 3 N–H and O–H groups in total. The number of aromatic nitrogens is 1. The van der Waals surface area contributed by atoms with Gasteiger partial charge in [-0.05, 0) is 19.1 Å². The maximum atomic E-state index is 10.8. The molecule has 0 aliphatic carbocycles. The summed E-state index contributed by atoms with van der Waals surface area (Å²) in [5, 5.41) is 3.01. The quantitative estimate of drug-likeness (QED) is 0.722. The number of carbonyl (C=O) groups excluding carboxylic acids is 1. The van der Waals surface area contributed by atoms with Crippen LogP contribution in [0.3, 0.4) is 0 Å². The number of anilines is 2. The minimum absolute atomic E-state index is 0.241. The van der Waals surface area contributed by atoms with Gasteiger partial charge in [-0.3, -0.25) is 4.79 Å². The fourth-order valence-corrected chi connectivity index (χ4v) is 1.06. The summed E-state index contributed by atoms with van der Waals surface area (Å²) < 4.78 is 4.51. The Morgan fingerprint density at radius 3 is 2.93 bits per heavy atom. The van der Waals surface area contributed by atoms with Gasteiger partial charge >= 0.3 is 5.97 Å². The van der Waals surface area contributed by atoms with Crippen LogP contribution in [0.25, 0.3) is 0 Å². The highest BCUT2D eigenvalue weighted by Gasteiger charge is 2.01. The number of rotatable bonds is 4. The second-order valence-corrected chi connectivity index (χ2v) is 3.12. The van der Waals surface area contributed by atoms with Crippen LogP contribution in [0.15, 0.2) is 12.1 Å². The summed E-state index contributed by atoms with van der Waals surface area (Å²) in [7, 11) is 1.37. The van der Waals surface area contributed by atoms with E-state index in [1.807, 2.05) is 6.92 Å². The molecule has 15 heavy (non-hydrogen) atoms. The van der Waals surface area contributed by atoms with E-state index in [1.165, 1.54) is 7.11 Å². The molecule has 0 fully saturated rings. The Bertz CT molecular complexity index is 353. The number of nitrogens with zero attached hydrogens (tertiary/aromatic N) is 1. The fraction of sp³-hybridized carbons (Fsp3) is 0.400. The molecule has 0 amide bonds. The van der Waals surface area contributed by atoms with Crippen molar-refractivity contribution in [3.05, 3.63) is 17.8 Å². The zero-order chi connectivity index (χ0) is 11.3. The number of carbonyl (C=O) groups is 1. The first-order chi connectivity index (χ1) is 7.13. The third kappa shape index (κ3) is 3.46. The van der Waals surface area contributed by atoms with Crippen molar-refractivity contribution >= 4 is 17.5 Å². The molecule has 0 aliphatic heterocycles. The highest BCUT2D eigenvalue weighted by Crippen LogP contribution is 2.11. The molecule has 0 spiro atoms. The topological polar surface area (TPSA) is 77.2 Å². The summed E-state index contributed by atoms with van der Waals surface area (Å²) in [6.45, 7) is 2.34. The molecule has 0 atom stereocenters. The molecule has 0 aliphatic rings. The number of nitrogens with one attached hydrogen (secondary N) is 1. The summed E-state index contributed by atoms with van der Waals surface area (Å²) in [5.74, 6) is 0.472. The molecule has 1 aromatic rings. The highest BCUT2D eigenvalue weighted by molar-refractivity contribution is 5.69. The number of nitrogens with two attached hydrogens (primary N) is 1. The highest BCUT2D eigenvalue weighted by atomic mass is 16.5. The molecule has 5 heteroatoms. The Hall–Kier alpha value is -1.78. The van der Waals surface area contributed by atoms with E-state index in [9.17, 15) is 4.79 Å². The lowest BCUT2D eigenvalue weighted by Crippen LogP contribution is -2.10. The van der Waals surface area contributed by atoms with E-state index in [4.69, 9.17) is 5.73 Å². The third-order valence-electron chi connectivity index (χ3n) is 1.99. The van der Waals surface area contributed by atoms with E-state index >= 15 is 0 Å². The zero-order valence-electron chi connectivity index (χ0n) is 8.91. The summed E-state index contributed by atoms with van der Waals surface area (Å²) in [5.41, 5.74) is 7.06. The number of nitrogen functional groups attached to an aromatic ring is 1. The predicted octanol–water partition coefficient (Wildman–Crippen LogP) is 0.947. The lowest BCUT2D eigenvalue weighted by molar-refractivity contribution is -0.140. The van der Waals surface area contributed by atoms with Crippen molar-refractivity contribution < 1.29 is 9.53 Å². The molecule has 1 aromatic heterocycles. The van der Waals surface area contributed by atoms with Crippen LogP contribution in [-0.4, -0.2) is 24.6 Å². The van der Waals surface area contributed by atoms with Gasteiger partial charge < -0.3 is 15.8 Å². The first-order valence-electron chi connectivity index (χ1n) is 4.67. The van der Waals surface area contributed by atoms with Crippen molar-refractivity contribution in [1.82, 2.24) is 4.98 Å². The Balaban J connectivity index is 2.44. The van der Waals surface area contributed by atoms with E-state index in [-0.39, 0.29) is 5.97 Å². The molecule has 1 rings (SSSR count). The molecule has 5 nitrogen and oxygen atoms in total. The molecule has 1 heterocycles. The van der Waals surface area contributed by atoms with Gasteiger partial charge in [0.15, 0.2) is 0 Å². The minimum Gasteiger partial charge on any atom is -0.469 e. The first-order valence-corrected chi connectivity index (χ1v) is 4.67. The number of aryl methyl sites for hydroxylation is 1. The molecule has 0 saturated heterocycles. The van der Waals surface area contributed by atoms with Crippen LogP contribution >= 0.6 is 0 Å². The monoisotopic (exact) mass is 209 g/mol. The van der Waals surface area contributed by atoms with E-state index in [0.29, 0.717) is 24.5 Å². The molecule has 82 valence electrons. The van der Waals surface area contributed by atoms with E-state index in [2.05, 4.69) is 15.0 Å². The predicted molar refractivity (Wildman–Crippen MR) is 58.5 cm³/mol. The van der Waals surface area contributed by atoms with Crippen LogP contribution in [0.2, 0.25) is 0 Å². The second kappa shape index (κ2) is 5.19. The Kier molecular flexibility index (Phi) is 3.91. The largest absolute Gasteiger partial charge is 0.469 e. The Morgan fingerprint density at radius 1 is 1.60 bits per heavy atom. The molecular formula is C10H15N3O2. The second-order valence-electron chi connectivity index (χ2n) is 3.12. The lowest BCUT2D eigenvalue weighted by Gasteiger charge is -2.06. The smallest absolute Gasteiger partial charge is 0.307 e. The van der Waals surface area contributed by atoms with Gasteiger partial charge in [-0.25, -0.2) is 4.98 Å². The average Bonchev–Trinajstić information content (AvgIpc) is 2.23. The van der Waals surface area contributed by atoms with Crippen LogP contribution in [0.5, 0.6) is 0 Å². The standard InChI is InChI=1S/C10H15N3O2/c1-7-8(11)3-4-9(13-7)12-6-5-10(14)15-2/h3-4H,5-6,11H2,1-2H3,(H,12,13). The normalized spacial score (nSPS) is 9.73. The molecule has 0 unspecified atom stereocenters. The molecule has 0 radical (unpaired) electrons. The summed E-state index contributed by atoms with van der Waals surface area (Å²) in [6.07, 6.45) is 0.321. The van der Waals surface area contributed by atoms with Crippen molar-refractivity contribution in [2.75, 3.05) is 24.7 Å². The van der Waals surface area contributed by atoms with Gasteiger partial charge in [-0.2, -0.15) is 0 Å². The van der Waals surface area contributed by atoms with Crippen molar-refractivity contribution in [2.24, 2.45) is 0 Å². The van der Waals surface area contributed by atoms with Crippen molar-refractivity contribution in [2.45, 2.75) is 13.3 Å². The SMILES string of the molecule is COC(=O)CCNc1ccc(N)c(C)n1. The van der Waals surface area contributed by atoms with Crippen LogP contribution in [-0.2, 0) is 9.53 Å². The van der Waals surface area contributed by atoms with Gasteiger partial charge in [-0.1, -0.05) is 0 Å². The number of hydrogen-bond acceptors (Lipinski definition) is 5.